The fourth-order valence-corrected chi connectivity index (χ4v) is 2.72. The molecule has 3 nitrogen and oxygen atoms in total. The van der Waals surface area contributed by atoms with Gasteiger partial charge in [-0.2, -0.15) is 0 Å². The van der Waals surface area contributed by atoms with Crippen molar-refractivity contribution in [2.45, 2.75) is 45.2 Å². The molecule has 96 valence electrons. The Morgan fingerprint density at radius 2 is 2.00 bits per heavy atom. The Bertz CT molecular complexity index is 172. The van der Waals surface area contributed by atoms with Crippen molar-refractivity contribution >= 4 is 0 Å². The molecule has 0 aromatic rings. The Morgan fingerprint density at radius 1 is 1.31 bits per heavy atom. The van der Waals surface area contributed by atoms with Crippen LogP contribution in [0.15, 0.2) is 0 Å². The molecule has 3 heteroatoms. The maximum Gasteiger partial charge on any atom is 0.0242 e. The number of likely N-dealkylation sites (N-methyl/N-ethyl adjacent to an activating group) is 1. The lowest BCUT2D eigenvalue weighted by Gasteiger charge is -2.32. The SMILES string of the molecule is CCC(CC)C(CNC1CCNC1)N(C)C. The predicted molar refractivity (Wildman–Crippen MR) is 70.8 cm³/mol. The molecule has 1 aliphatic rings. The second-order valence-electron chi connectivity index (χ2n) is 5.21. The third-order valence-corrected chi connectivity index (χ3v) is 3.93. The fraction of sp³-hybridized carbons (Fsp3) is 1.00. The van der Waals surface area contributed by atoms with Crippen molar-refractivity contribution in [2.75, 3.05) is 33.7 Å². The molecule has 0 amide bonds. The number of hydrogen-bond acceptors (Lipinski definition) is 3. The molecule has 1 saturated heterocycles. The Balaban J connectivity index is 2.37. The predicted octanol–water partition coefficient (Wildman–Crippen LogP) is 1.30. The van der Waals surface area contributed by atoms with Crippen molar-refractivity contribution in [3.63, 3.8) is 0 Å². The van der Waals surface area contributed by atoms with Gasteiger partial charge >= 0.3 is 0 Å². The van der Waals surface area contributed by atoms with Gasteiger partial charge in [-0.15, -0.1) is 0 Å². The Hall–Kier alpha value is -0.120. The number of nitrogens with one attached hydrogen (secondary N) is 2. The van der Waals surface area contributed by atoms with E-state index in [9.17, 15) is 0 Å². The molecule has 0 bridgehead atoms. The van der Waals surface area contributed by atoms with Crippen LogP contribution >= 0.6 is 0 Å². The Morgan fingerprint density at radius 3 is 2.44 bits per heavy atom. The lowest BCUT2D eigenvalue weighted by molar-refractivity contribution is 0.190. The maximum absolute atomic E-state index is 3.71. The van der Waals surface area contributed by atoms with Crippen LogP contribution in [0.2, 0.25) is 0 Å². The van der Waals surface area contributed by atoms with Gasteiger partial charge in [0.05, 0.1) is 0 Å². The number of nitrogens with zero attached hydrogens (tertiary/aromatic N) is 1. The van der Waals surface area contributed by atoms with Gasteiger partial charge < -0.3 is 15.5 Å². The first-order chi connectivity index (χ1) is 7.69. The molecule has 0 aliphatic carbocycles. The molecular weight excluding hydrogens is 198 g/mol. The summed E-state index contributed by atoms with van der Waals surface area (Å²) >= 11 is 0. The molecule has 1 aliphatic heterocycles. The second kappa shape index (κ2) is 7.25. The van der Waals surface area contributed by atoms with Crippen molar-refractivity contribution < 1.29 is 0 Å². The van der Waals surface area contributed by atoms with E-state index < -0.39 is 0 Å². The summed E-state index contributed by atoms with van der Waals surface area (Å²) in [5.74, 6) is 0.817. The summed E-state index contributed by atoms with van der Waals surface area (Å²) < 4.78 is 0. The number of hydrogen-bond donors (Lipinski definition) is 2. The molecule has 1 fully saturated rings. The van der Waals surface area contributed by atoms with Crippen molar-refractivity contribution in [2.24, 2.45) is 5.92 Å². The minimum atomic E-state index is 0.676. The third kappa shape index (κ3) is 4.04. The van der Waals surface area contributed by atoms with Crippen LogP contribution in [0.4, 0.5) is 0 Å². The van der Waals surface area contributed by atoms with E-state index in [1.165, 1.54) is 25.8 Å². The normalized spacial score (nSPS) is 23.2. The highest BCUT2D eigenvalue weighted by molar-refractivity contribution is 4.82. The summed E-state index contributed by atoms with van der Waals surface area (Å²) in [7, 11) is 4.41. The standard InChI is InChI=1S/C13H29N3/c1-5-11(6-2)13(16(3)4)10-15-12-7-8-14-9-12/h11-15H,5-10H2,1-4H3. The molecule has 1 rings (SSSR count). The molecule has 0 saturated carbocycles. The lowest BCUT2D eigenvalue weighted by Crippen LogP contribution is -2.46. The van der Waals surface area contributed by atoms with Crippen LogP contribution in [0.5, 0.6) is 0 Å². The van der Waals surface area contributed by atoms with Crippen molar-refractivity contribution in [1.29, 1.82) is 0 Å². The van der Waals surface area contributed by atoms with E-state index in [1.54, 1.807) is 0 Å². The molecule has 2 unspecified atom stereocenters. The van der Waals surface area contributed by atoms with Crippen LogP contribution in [0.1, 0.15) is 33.1 Å². The highest BCUT2D eigenvalue weighted by atomic mass is 15.1. The second-order valence-corrected chi connectivity index (χ2v) is 5.21. The van der Waals surface area contributed by atoms with E-state index in [0.29, 0.717) is 12.1 Å². The number of rotatable bonds is 7. The average molecular weight is 227 g/mol. The van der Waals surface area contributed by atoms with Gasteiger partial charge in [0.15, 0.2) is 0 Å². The average Bonchev–Trinajstić information content (AvgIpc) is 2.76. The first-order valence-corrected chi connectivity index (χ1v) is 6.79. The van der Waals surface area contributed by atoms with Crippen LogP contribution in [0.3, 0.4) is 0 Å². The van der Waals surface area contributed by atoms with Gasteiger partial charge in [0.1, 0.15) is 0 Å². The van der Waals surface area contributed by atoms with Crippen LogP contribution in [-0.4, -0.2) is 50.7 Å². The Kier molecular flexibility index (Phi) is 6.32. The van der Waals surface area contributed by atoms with E-state index in [-0.39, 0.29) is 0 Å². The molecule has 2 atom stereocenters. The summed E-state index contributed by atoms with van der Waals surface area (Å²) in [4.78, 5) is 2.38. The molecule has 16 heavy (non-hydrogen) atoms. The van der Waals surface area contributed by atoms with Gasteiger partial charge in [0.2, 0.25) is 0 Å². The van der Waals surface area contributed by atoms with Crippen molar-refractivity contribution in [1.82, 2.24) is 15.5 Å². The minimum absolute atomic E-state index is 0.676. The van der Waals surface area contributed by atoms with Crippen LogP contribution < -0.4 is 10.6 Å². The van der Waals surface area contributed by atoms with Crippen molar-refractivity contribution in [3.05, 3.63) is 0 Å². The van der Waals surface area contributed by atoms with Crippen molar-refractivity contribution in [3.8, 4) is 0 Å². The first-order valence-electron chi connectivity index (χ1n) is 6.79. The van der Waals surface area contributed by atoms with Crippen LogP contribution in [0, 0.1) is 5.92 Å². The lowest BCUT2D eigenvalue weighted by atomic mass is 9.93. The molecule has 0 spiro atoms. The van der Waals surface area contributed by atoms with E-state index in [0.717, 1.165) is 19.0 Å². The van der Waals surface area contributed by atoms with Crippen LogP contribution in [-0.2, 0) is 0 Å². The molecule has 0 aromatic carbocycles. The van der Waals surface area contributed by atoms with Gasteiger partial charge in [0, 0.05) is 25.2 Å². The van der Waals surface area contributed by atoms with Gasteiger partial charge in [-0.25, -0.2) is 0 Å². The monoisotopic (exact) mass is 227 g/mol. The minimum Gasteiger partial charge on any atom is -0.315 e. The molecular formula is C13H29N3. The molecule has 0 aromatic heterocycles. The van der Waals surface area contributed by atoms with Gasteiger partial charge in [0.25, 0.3) is 0 Å². The van der Waals surface area contributed by atoms with Gasteiger partial charge in [-0.3, -0.25) is 0 Å². The molecule has 2 N–H and O–H groups in total. The third-order valence-electron chi connectivity index (χ3n) is 3.93. The summed E-state index contributed by atoms with van der Waals surface area (Å²) in [5.41, 5.74) is 0. The highest BCUT2D eigenvalue weighted by Crippen LogP contribution is 2.16. The van der Waals surface area contributed by atoms with Gasteiger partial charge in [-0.1, -0.05) is 26.7 Å². The maximum atomic E-state index is 3.71. The zero-order chi connectivity index (χ0) is 12.0. The van der Waals surface area contributed by atoms with E-state index in [2.05, 4.69) is 43.5 Å². The molecule has 1 heterocycles. The Labute approximate surface area is 101 Å². The summed E-state index contributed by atoms with van der Waals surface area (Å²) in [6.45, 7) is 8.06. The van der Waals surface area contributed by atoms with E-state index in [4.69, 9.17) is 0 Å². The quantitative estimate of drug-likeness (QED) is 0.686. The van der Waals surface area contributed by atoms with E-state index >= 15 is 0 Å². The summed E-state index contributed by atoms with van der Waals surface area (Å²) in [6, 6.07) is 1.37. The largest absolute Gasteiger partial charge is 0.315 e. The zero-order valence-corrected chi connectivity index (χ0v) is 11.4. The van der Waals surface area contributed by atoms with E-state index in [1.807, 2.05) is 0 Å². The summed E-state index contributed by atoms with van der Waals surface area (Å²) in [5, 5.41) is 7.11. The fourth-order valence-electron chi connectivity index (χ4n) is 2.72. The topological polar surface area (TPSA) is 27.3 Å². The highest BCUT2D eigenvalue weighted by Gasteiger charge is 2.22. The van der Waals surface area contributed by atoms with Gasteiger partial charge in [-0.05, 0) is 33.0 Å². The smallest absolute Gasteiger partial charge is 0.0242 e. The summed E-state index contributed by atoms with van der Waals surface area (Å²) in [6.07, 6.45) is 3.84. The van der Waals surface area contributed by atoms with Crippen LogP contribution in [0.25, 0.3) is 0 Å². The first kappa shape index (κ1) is 13.9. The molecule has 0 radical (unpaired) electrons. The zero-order valence-electron chi connectivity index (χ0n) is 11.4.